The summed E-state index contributed by atoms with van der Waals surface area (Å²) < 4.78 is 0. The molecule has 1 nitrogen and oxygen atoms in total. The van der Waals surface area contributed by atoms with Gasteiger partial charge in [0.05, 0.1) is 0 Å². The minimum Gasteiger partial charge on any atom is -0.306 e. The third-order valence-corrected chi connectivity index (χ3v) is 6.75. The summed E-state index contributed by atoms with van der Waals surface area (Å²) in [5.41, 5.74) is 0. The third kappa shape index (κ3) is 3.71. The van der Waals surface area contributed by atoms with Crippen LogP contribution in [0.2, 0.25) is 0 Å². The van der Waals surface area contributed by atoms with Crippen molar-refractivity contribution in [1.82, 2.24) is 5.32 Å². The Hall–Kier alpha value is -0.340. The van der Waals surface area contributed by atoms with Gasteiger partial charge >= 0.3 is 0 Å². The lowest BCUT2D eigenvalue weighted by molar-refractivity contribution is 0.177. The molecule has 0 bridgehead atoms. The quantitative estimate of drug-likeness (QED) is 0.726. The molecule has 0 radical (unpaired) electrons. The minimum atomic E-state index is 0.622. The van der Waals surface area contributed by atoms with Crippen LogP contribution in [0.1, 0.15) is 76.1 Å². The zero-order chi connectivity index (χ0) is 14.7. The molecular weight excluding hydrogens is 274 g/mol. The van der Waals surface area contributed by atoms with Gasteiger partial charge in [0.25, 0.3) is 0 Å². The van der Waals surface area contributed by atoms with Crippen molar-refractivity contribution in [3.8, 4) is 0 Å². The summed E-state index contributed by atoms with van der Waals surface area (Å²) in [6.45, 7) is 4.83. The van der Waals surface area contributed by atoms with Gasteiger partial charge in [-0.2, -0.15) is 0 Å². The van der Waals surface area contributed by atoms with Crippen LogP contribution in [-0.4, -0.2) is 6.04 Å². The lowest BCUT2D eigenvalue weighted by atomic mass is 9.77. The van der Waals surface area contributed by atoms with Crippen LogP contribution < -0.4 is 5.32 Å². The molecule has 1 heterocycles. The van der Waals surface area contributed by atoms with E-state index in [1.807, 2.05) is 11.3 Å². The van der Waals surface area contributed by atoms with Gasteiger partial charge in [0.15, 0.2) is 0 Å². The second kappa shape index (κ2) is 7.28. The molecule has 1 aromatic rings. The average molecular weight is 306 g/mol. The maximum atomic E-state index is 4.14. The Kier molecular flexibility index (Phi) is 5.39. The molecule has 3 rings (SSSR count). The van der Waals surface area contributed by atoms with Crippen molar-refractivity contribution in [2.75, 3.05) is 0 Å². The normalized spacial score (nSPS) is 29.1. The molecule has 2 heteroatoms. The monoisotopic (exact) mass is 305 g/mol. The SMILES string of the molecule is CC(C)C1CCCCC1NC(c1cccs1)C1CCCC1. The Morgan fingerprint density at radius 3 is 2.43 bits per heavy atom. The van der Waals surface area contributed by atoms with E-state index < -0.39 is 0 Å². The van der Waals surface area contributed by atoms with E-state index in [-0.39, 0.29) is 0 Å². The molecule has 1 N–H and O–H groups in total. The van der Waals surface area contributed by atoms with Crippen molar-refractivity contribution in [3.05, 3.63) is 22.4 Å². The van der Waals surface area contributed by atoms with Crippen molar-refractivity contribution < 1.29 is 0 Å². The molecular formula is C19H31NS. The summed E-state index contributed by atoms with van der Waals surface area (Å²) in [4.78, 5) is 1.58. The van der Waals surface area contributed by atoms with Crippen LogP contribution >= 0.6 is 11.3 Å². The molecule has 0 saturated heterocycles. The Labute approximate surface area is 134 Å². The van der Waals surface area contributed by atoms with Crippen molar-refractivity contribution >= 4 is 11.3 Å². The van der Waals surface area contributed by atoms with E-state index in [1.165, 1.54) is 51.4 Å². The van der Waals surface area contributed by atoms with Gasteiger partial charge in [-0.3, -0.25) is 0 Å². The summed E-state index contributed by atoms with van der Waals surface area (Å²) >= 11 is 1.95. The van der Waals surface area contributed by atoms with Gasteiger partial charge in [0.1, 0.15) is 0 Å². The van der Waals surface area contributed by atoms with E-state index in [9.17, 15) is 0 Å². The van der Waals surface area contributed by atoms with Crippen molar-refractivity contribution in [1.29, 1.82) is 0 Å². The highest BCUT2D eigenvalue weighted by molar-refractivity contribution is 7.10. The van der Waals surface area contributed by atoms with Crippen molar-refractivity contribution in [2.24, 2.45) is 17.8 Å². The summed E-state index contributed by atoms with van der Waals surface area (Å²) in [5, 5.41) is 6.39. The van der Waals surface area contributed by atoms with E-state index >= 15 is 0 Å². The fraction of sp³-hybridized carbons (Fsp3) is 0.789. The molecule has 3 atom stereocenters. The predicted octanol–water partition coefficient (Wildman–Crippen LogP) is 5.78. The first-order chi connectivity index (χ1) is 10.3. The van der Waals surface area contributed by atoms with Crippen LogP contribution in [0.5, 0.6) is 0 Å². The van der Waals surface area contributed by atoms with Crippen molar-refractivity contribution in [3.63, 3.8) is 0 Å². The van der Waals surface area contributed by atoms with Crippen LogP contribution in [0.3, 0.4) is 0 Å². The van der Waals surface area contributed by atoms with Crippen LogP contribution in [0.15, 0.2) is 17.5 Å². The summed E-state index contributed by atoms with van der Waals surface area (Å²) in [7, 11) is 0. The molecule has 3 unspecified atom stereocenters. The average Bonchev–Trinajstić information content (AvgIpc) is 3.18. The zero-order valence-corrected chi connectivity index (χ0v) is 14.5. The molecule has 0 amide bonds. The maximum absolute atomic E-state index is 4.14. The smallest absolute Gasteiger partial charge is 0.0445 e. The summed E-state index contributed by atoms with van der Waals surface area (Å²) in [6.07, 6.45) is 11.4. The molecule has 2 saturated carbocycles. The number of thiophene rings is 1. The highest BCUT2D eigenvalue weighted by Crippen LogP contribution is 2.40. The highest BCUT2D eigenvalue weighted by atomic mass is 32.1. The molecule has 2 aliphatic rings. The fourth-order valence-electron chi connectivity index (χ4n) is 4.60. The Balaban J connectivity index is 1.73. The van der Waals surface area contributed by atoms with Gasteiger partial charge in [0.2, 0.25) is 0 Å². The van der Waals surface area contributed by atoms with Crippen LogP contribution in [0.4, 0.5) is 0 Å². The molecule has 2 aliphatic carbocycles. The van der Waals surface area contributed by atoms with Gasteiger partial charge in [0, 0.05) is 17.0 Å². The predicted molar refractivity (Wildman–Crippen MR) is 92.7 cm³/mol. The number of nitrogens with one attached hydrogen (secondary N) is 1. The minimum absolute atomic E-state index is 0.622. The van der Waals surface area contributed by atoms with E-state index in [1.54, 1.807) is 4.88 Å². The third-order valence-electron chi connectivity index (χ3n) is 5.79. The highest BCUT2D eigenvalue weighted by Gasteiger charge is 2.33. The molecule has 0 aliphatic heterocycles. The van der Waals surface area contributed by atoms with Gasteiger partial charge in [-0.1, -0.05) is 45.6 Å². The maximum Gasteiger partial charge on any atom is 0.0445 e. The van der Waals surface area contributed by atoms with E-state index in [0.29, 0.717) is 6.04 Å². The van der Waals surface area contributed by atoms with Crippen LogP contribution in [0, 0.1) is 17.8 Å². The standard InChI is InChI=1S/C19H31NS/c1-14(2)16-10-5-6-11-17(16)20-19(15-8-3-4-9-15)18-12-7-13-21-18/h7,12-17,19-20H,3-6,8-11H2,1-2H3. The number of rotatable bonds is 5. The van der Waals surface area contributed by atoms with E-state index in [2.05, 4.69) is 36.7 Å². The molecule has 1 aromatic heterocycles. The van der Waals surface area contributed by atoms with Gasteiger partial charge < -0.3 is 5.32 Å². The summed E-state index contributed by atoms with van der Waals surface area (Å²) in [5.74, 6) is 2.57. The van der Waals surface area contributed by atoms with E-state index in [4.69, 9.17) is 0 Å². The van der Waals surface area contributed by atoms with Gasteiger partial charge in [-0.25, -0.2) is 0 Å². The molecule has 2 fully saturated rings. The van der Waals surface area contributed by atoms with Crippen molar-refractivity contribution in [2.45, 2.75) is 77.3 Å². The Morgan fingerprint density at radius 1 is 1.05 bits per heavy atom. The number of hydrogen-bond donors (Lipinski definition) is 1. The van der Waals surface area contributed by atoms with Crippen LogP contribution in [0.25, 0.3) is 0 Å². The lowest BCUT2D eigenvalue weighted by Gasteiger charge is -2.39. The first-order valence-electron chi connectivity index (χ1n) is 9.05. The Morgan fingerprint density at radius 2 is 1.76 bits per heavy atom. The summed E-state index contributed by atoms with van der Waals surface area (Å²) in [6, 6.07) is 5.95. The fourth-order valence-corrected chi connectivity index (χ4v) is 5.48. The molecule has 0 spiro atoms. The first kappa shape index (κ1) is 15.6. The number of hydrogen-bond acceptors (Lipinski definition) is 2. The largest absolute Gasteiger partial charge is 0.306 e. The molecule has 118 valence electrons. The Bertz CT molecular complexity index is 405. The first-order valence-corrected chi connectivity index (χ1v) is 9.93. The van der Waals surface area contributed by atoms with Gasteiger partial charge in [-0.15, -0.1) is 11.3 Å². The van der Waals surface area contributed by atoms with E-state index in [0.717, 1.165) is 23.8 Å². The second-order valence-corrected chi connectivity index (χ2v) is 8.48. The molecule has 0 aromatic carbocycles. The second-order valence-electron chi connectivity index (χ2n) is 7.50. The van der Waals surface area contributed by atoms with Gasteiger partial charge in [-0.05, 0) is 54.9 Å². The topological polar surface area (TPSA) is 12.0 Å². The zero-order valence-electron chi connectivity index (χ0n) is 13.7. The lowest BCUT2D eigenvalue weighted by Crippen LogP contribution is -2.44. The molecule has 21 heavy (non-hydrogen) atoms. The van der Waals surface area contributed by atoms with Crippen LogP contribution in [-0.2, 0) is 0 Å².